The quantitative estimate of drug-likeness (QED) is 0.329. The molecule has 10 heteroatoms. The number of fused-ring (bicyclic) bond motifs is 1. The van der Waals surface area contributed by atoms with Crippen molar-refractivity contribution in [2.24, 2.45) is 0 Å². The number of phenols is 2. The van der Waals surface area contributed by atoms with E-state index in [0.717, 1.165) is 12.1 Å². The van der Waals surface area contributed by atoms with Crippen molar-refractivity contribution in [2.45, 2.75) is 0 Å². The monoisotopic (exact) mass is 372 g/mol. The summed E-state index contributed by atoms with van der Waals surface area (Å²) < 4.78 is 41.4. The zero-order valence-corrected chi connectivity index (χ0v) is 15.6. The van der Waals surface area contributed by atoms with E-state index in [4.69, 9.17) is 4.42 Å². The molecule has 25 heavy (non-hydrogen) atoms. The first kappa shape index (κ1) is 19.3. The number of rotatable bonds is 3. The summed E-state index contributed by atoms with van der Waals surface area (Å²) in [6, 6.07) is 10.6. The maximum atomic E-state index is 12.2. The fraction of sp³-hybridized carbons (Fsp3) is 0. The molecule has 2 aromatic carbocycles. The molecule has 0 radical (unpaired) electrons. The van der Waals surface area contributed by atoms with Gasteiger partial charge in [-0.25, -0.2) is 8.42 Å². The van der Waals surface area contributed by atoms with Gasteiger partial charge in [-0.3, -0.25) is 4.79 Å². The summed E-state index contributed by atoms with van der Waals surface area (Å²) in [5, 5.41) is 19.3. The van der Waals surface area contributed by atoms with Crippen molar-refractivity contribution < 1.29 is 61.3 Å². The summed E-state index contributed by atoms with van der Waals surface area (Å²) in [6.07, 6.45) is 0. The van der Waals surface area contributed by atoms with E-state index < -0.39 is 38.5 Å². The number of hydrogen-bond donors (Lipinski definition) is 2. The van der Waals surface area contributed by atoms with Crippen molar-refractivity contribution in [3.05, 3.63) is 52.7 Å². The number of phenolic OH excluding ortho intramolecular Hbond substituents is 2. The SMILES string of the molecule is O=c1cc(-c2ccccc2)oc2cc(O)c(OS(=O)(=O)[O-])c(O)c12.[Na+]. The zero-order chi connectivity index (χ0) is 17.5. The van der Waals surface area contributed by atoms with Crippen LogP contribution in [0.4, 0.5) is 0 Å². The molecule has 0 spiro atoms. The fourth-order valence-electron chi connectivity index (χ4n) is 2.20. The van der Waals surface area contributed by atoms with Gasteiger partial charge in [-0.05, 0) is 0 Å². The minimum atomic E-state index is -5.26. The predicted octanol–water partition coefficient (Wildman–Crippen LogP) is -1.29. The molecule has 0 saturated heterocycles. The van der Waals surface area contributed by atoms with Crippen LogP contribution < -0.4 is 39.2 Å². The third kappa shape index (κ3) is 3.97. The van der Waals surface area contributed by atoms with Crippen molar-refractivity contribution in [1.29, 1.82) is 0 Å². The van der Waals surface area contributed by atoms with Crippen molar-refractivity contribution in [2.75, 3.05) is 0 Å². The first-order chi connectivity index (χ1) is 11.3. The van der Waals surface area contributed by atoms with Crippen LogP contribution in [0.3, 0.4) is 0 Å². The van der Waals surface area contributed by atoms with E-state index in [2.05, 4.69) is 4.18 Å². The van der Waals surface area contributed by atoms with Crippen LogP contribution in [-0.4, -0.2) is 23.2 Å². The molecule has 0 amide bonds. The molecule has 0 aliphatic heterocycles. The Labute approximate surface area is 163 Å². The standard InChI is InChI=1S/C15H10O8S.Na/c16-9-6-11(8-4-2-1-3-5-8)22-12-7-10(17)15(14(18)13(9)12)23-24(19,20)21;/h1-7,17-18H,(H,19,20,21);/q;+1/p-1. The van der Waals surface area contributed by atoms with Gasteiger partial charge in [-0.15, -0.1) is 0 Å². The van der Waals surface area contributed by atoms with Crippen molar-refractivity contribution in [3.63, 3.8) is 0 Å². The average molecular weight is 372 g/mol. The number of benzene rings is 2. The molecular formula is C15H9NaO8S. The molecule has 0 aliphatic carbocycles. The summed E-state index contributed by atoms with van der Waals surface area (Å²) in [7, 11) is -5.26. The van der Waals surface area contributed by atoms with Gasteiger partial charge < -0.3 is 23.4 Å². The van der Waals surface area contributed by atoms with Crippen molar-refractivity contribution in [1.82, 2.24) is 0 Å². The Morgan fingerprint density at radius 2 is 1.72 bits per heavy atom. The van der Waals surface area contributed by atoms with Gasteiger partial charge >= 0.3 is 29.6 Å². The Morgan fingerprint density at radius 3 is 2.32 bits per heavy atom. The maximum Gasteiger partial charge on any atom is 1.00 e. The van der Waals surface area contributed by atoms with Gasteiger partial charge in [-0.2, -0.15) is 0 Å². The molecule has 0 bridgehead atoms. The third-order valence-electron chi connectivity index (χ3n) is 3.17. The minimum absolute atomic E-state index is 0. The Balaban J connectivity index is 0.00000225. The molecule has 3 rings (SSSR count). The van der Waals surface area contributed by atoms with Gasteiger partial charge in [0.1, 0.15) is 16.7 Å². The first-order valence-electron chi connectivity index (χ1n) is 6.50. The molecule has 0 atom stereocenters. The number of hydrogen-bond acceptors (Lipinski definition) is 8. The van der Waals surface area contributed by atoms with E-state index in [-0.39, 0.29) is 40.9 Å². The van der Waals surface area contributed by atoms with Crippen LogP contribution >= 0.6 is 0 Å². The zero-order valence-electron chi connectivity index (χ0n) is 12.8. The summed E-state index contributed by atoms with van der Waals surface area (Å²) in [4.78, 5) is 12.2. The first-order valence-corrected chi connectivity index (χ1v) is 7.83. The molecule has 0 aliphatic rings. The Hall–Kier alpha value is -2.04. The van der Waals surface area contributed by atoms with Crippen molar-refractivity contribution in [3.8, 4) is 28.6 Å². The van der Waals surface area contributed by atoms with E-state index in [1.807, 2.05) is 0 Å². The fourth-order valence-corrected chi connectivity index (χ4v) is 2.57. The molecule has 124 valence electrons. The smallest absolute Gasteiger partial charge is 0.716 e. The normalized spacial score (nSPS) is 11.1. The Bertz CT molecular complexity index is 1090. The second-order valence-electron chi connectivity index (χ2n) is 4.78. The summed E-state index contributed by atoms with van der Waals surface area (Å²) >= 11 is 0. The summed E-state index contributed by atoms with van der Waals surface area (Å²) in [5.41, 5.74) is -0.328. The van der Waals surface area contributed by atoms with E-state index in [1.54, 1.807) is 30.3 Å². The molecule has 1 aromatic heterocycles. The van der Waals surface area contributed by atoms with Crippen molar-refractivity contribution >= 4 is 21.4 Å². The summed E-state index contributed by atoms with van der Waals surface area (Å²) in [5.74, 6) is -2.72. The van der Waals surface area contributed by atoms with E-state index in [9.17, 15) is 28.0 Å². The summed E-state index contributed by atoms with van der Waals surface area (Å²) in [6.45, 7) is 0. The van der Waals surface area contributed by atoms with Crippen LogP contribution in [0.1, 0.15) is 0 Å². The predicted molar refractivity (Wildman–Crippen MR) is 81.6 cm³/mol. The molecule has 0 fully saturated rings. The topological polar surface area (TPSA) is 137 Å². The Morgan fingerprint density at radius 1 is 1.08 bits per heavy atom. The molecule has 0 saturated carbocycles. The van der Waals surface area contributed by atoms with E-state index >= 15 is 0 Å². The van der Waals surface area contributed by atoms with Crippen LogP contribution in [0.25, 0.3) is 22.3 Å². The second-order valence-corrected chi connectivity index (χ2v) is 5.76. The molecule has 1 heterocycles. The largest absolute Gasteiger partial charge is 1.00 e. The molecule has 8 nitrogen and oxygen atoms in total. The van der Waals surface area contributed by atoms with Crippen LogP contribution in [0, 0.1) is 0 Å². The second kappa shape index (κ2) is 7.06. The molecule has 3 aromatic rings. The molecular weight excluding hydrogens is 363 g/mol. The Kier molecular flexibility index (Phi) is 5.45. The molecule has 2 N–H and O–H groups in total. The van der Waals surface area contributed by atoms with E-state index in [1.165, 1.54) is 0 Å². The minimum Gasteiger partial charge on any atom is -0.716 e. The third-order valence-corrected chi connectivity index (χ3v) is 3.54. The molecule has 0 unspecified atom stereocenters. The van der Waals surface area contributed by atoms with Gasteiger partial charge in [0.25, 0.3) is 10.4 Å². The average Bonchev–Trinajstić information content (AvgIpc) is 2.50. The van der Waals surface area contributed by atoms with E-state index in [0.29, 0.717) is 5.56 Å². The number of aromatic hydroxyl groups is 2. The van der Waals surface area contributed by atoms with Crippen LogP contribution in [0.5, 0.6) is 17.2 Å². The van der Waals surface area contributed by atoms with Gasteiger partial charge in [0.15, 0.2) is 16.9 Å². The van der Waals surface area contributed by atoms with Gasteiger partial charge in [0, 0.05) is 17.7 Å². The maximum absolute atomic E-state index is 12.2. The van der Waals surface area contributed by atoms with Crippen LogP contribution in [0.15, 0.2) is 51.7 Å². The van der Waals surface area contributed by atoms with Gasteiger partial charge in [0.05, 0.1) is 0 Å². The van der Waals surface area contributed by atoms with Gasteiger partial charge in [0.2, 0.25) is 5.75 Å². The van der Waals surface area contributed by atoms with Crippen LogP contribution in [0.2, 0.25) is 0 Å². The van der Waals surface area contributed by atoms with Gasteiger partial charge in [-0.1, -0.05) is 30.3 Å². The van der Waals surface area contributed by atoms with Crippen LogP contribution in [-0.2, 0) is 10.4 Å².